The molecule has 0 radical (unpaired) electrons. The summed E-state index contributed by atoms with van der Waals surface area (Å²) in [6.45, 7) is 3.99. The SMILES string of the molecule is C/C=C(/C[C@H](N)C(=O)OC)c1ccccc1C. The predicted molar refractivity (Wildman–Crippen MR) is 69.4 cm³/mol. The van der Waals surface area contributed by atoms with E-state index in [1.54, 1.807) is 0 Å². The minimum absolute atomic E-state index is 0.377. The van der Waals surface area contributed by atoms with Crippen LogP contribution in [0.15, 0.2) is 30.3 Å². The summed E-state index contributed by atoms with van der Waals surface area (Å²) in [6, 6.07) is 7.45. The van der Waals surface area contributed by atoms with Gasteiger partial charge in [0.2, 0.25) is 0 Å². The second-order valence-corrected chi connectivity index (χ2v) is 3.96. The lowest BCUT2D eigenvalue weighted by atomic mass is 9.95. The third kappa shape index (κ3) is 3.43. The summed E-state index contributed by atoms with van der Waals surface area (Å²) in [7, 11) is 1.35. The minimum Gasteiger partial charge on any atom is -0.468 e. The third-order valence-electron chi connectivity index (χ3n) is 2.78. The van der Waals surface area contributed by atoms with Gasteiger partial charge >= 0.3 is 5.97 Å². The fourth-order valence-corrected chi connectivity index (χ4v) is 1.79. The highest BCUT2D eigenvalue weighted by molar-refractivity contribution is 5.79. The highest BCUT2D eigenvalue weighted by atomic mass is 16.5. The van der Waals surface area contributed by atoms with E-state index in [-0.39, 0.29) is 5.97 Å². The van der Waals surface area contributed by atoms with Crippen molar-refractivity contribution < 1.29 is 9.53 Å². The summed E-state index contributed by atoms with van der Waals surface area (Å²) in [5.41, 5.74) is 9.16. The van der Waals surface area contributed by atoms with Gasteiger partial charge in [-0.25, -0.2) is 0 Å². The Morgan fingerprint density at radius 3 is 2.65 bits per heavy atom. The number of benzene rings is 1. The molecule has 0 heterocycles. The standard InChI is InChI=1S/C14H19NO2/c1-4-11(9-13(15)14(16)17-3)12-8-6-5-7-10(12)2/h4-8,13H,9,15H2,1-3H3/b11-4-/t13-/m0/s1. The monoisotopic (exact) mass is 233 g/mol. The second kappa shape index (κ2) is 6.21. The molecule has 0 spiro atoms. The van der Waals surface area contributed by atoms with Crippen LogP contribution in [0.25, 0.3) is 5.57 Å². The Kier molecular flexibility index (Phi) is 4.91. The Morgan fingerprint density at radius 2 is 2.12 bits per heavy atom. The van der Waals surface area contributed by atoms with Crippen LogP contribution in [-0.4, -0.2) is 19.1 Å². The quantitative estimate of drug-likeness (QED) is 0.812. The van der Waals surface area contributed by atoms with E-state index in [0.717, 1.165) is 11.1 Å². The first-order valence-corrected chi connectivity index (χ1v) is 5.64. The maximum absolute atomic E-state index is 11.3. The fraction of sp³-hybridized carbons (Fsp3) is 0.357. The first kappa shape index (κ1) is 13.5. The summed E-state index contributed by atoms with van der Waals surface area (Å²) in [4.78, 5) is 11.3. The van der Waals surface area contributed by atoms with Gasteiger partial charge in [0.05, 0.1) is 7.11 Å². The van der Waals surface area contributed by atoms with Crippen LogP contribution < -0.4 is 5.73 Å². The van der Waals surface area contributed by atoms with Crippen molar-refractivity contribution in [3.05, 3.63) is 41.5 Å². The number of nitrogens with two attached hydrogens (primary N) is 1. The van der Waals surface area contributed by atoms with Gasteiger partial charge in [0, 0.05) is 0 Å². The molecule has 0 saturated heterocycles. The Balaban J connectivity index is 2.88. The Bertz CT molecular complexity index is 424. The Hall–Kier alpha value is -1.61. The maximum Gasteiger partial charge on any atom is 0.322 e. The molecule has 0 amide bonds. The molecule has 0 unspecified atom stereocenters. The topological polar surface area (TPSA) is 52.3 Å². The number of ether oxygens (including phenoxy) is 1. The number of hydrogen-bond acceptors (Lipinski definition) is 3. The van der Waals surface area contributed by atoms with Crippen LogP contribution in [0.3, 0.4) is 0 Å². The van der Waals surface area contributed by atoms with E-state index >= 15 is 0 Å². The molecule has 0 aliphatic rings. The third-order valence-corrected chi connectivity index (χ3v) is 2.78. The van der Waals surface area contributed by atoms with Gasteiger partial charge in [0.15, 0.2) is 0 Å². The predicted octanol–water partition coefficient (Wildman–Crippen LogP) is 2.29. The number of rotatable bonds is 4. The van der Waals surface area contributed by atoms with Crippen molar-refractivity contribution in [3.8, 4) is 0 Å². The van der Waals surface area contributed by atoms with Crippen LogP contribution in [0.5, 0.6) is 0 Å². The number of aryl methyl sites for hydroxylation is 1. The highest BCUT2D eigenvalue weighted by Crippen LogP contribution is 2.22. The first-order valence-electron chi connectivity index (χ1n) is 5.64. The summed E-state index contributed by atoms with van der Waals surface area (Å²) >= 11 is 0. The minimum atomic E-state index is -0.606. The van der Waals surface area contributed by atoms with E-state index < -0.39 is 6.04 Å². The number of carbonyl (C=O) groups is 1. The molecular formula is C14H19NO2. The van der Waals surface area contributed by atoms with Gasteiger partial charge in [0.1, 0.15) is 6.04 Å². The lowest BCUT2D eigenvalue weighted by molar-refractivity contribution is -0.142. The first-order chi connectivity index (χ1) is 8.10. The van der Waals surface area contributed by atoms with Crippen LogP contribution in [0, 0.1) is 6.92 Å². The molecule has 0 aliphatic heterocycles. The van der Waals surface area contributed by atoms with E-state index in [0.29, 0.717) is 6.42 Å². The summed E-state index contributed by atoms with van der Waals surface area (Å²) < 4.78 is 4.63. The normalized spacial score (nSPS) is 13.3. The van der Waals surface area contributed by atoms with E-state index in [4.69, 9.17) is 5.73 Å². The van der Waals surface area contributed by atoms with Crippen molar-refractivity contribution >= 4 is 11.5 Å². The van der Waals surface area contributed by atoms with Crippen LogP contribution in [0.4, 0.5) is 0 Å². The molecule has 1 rings (SSSR count). The molecule has 92 valence electrons. The second-order valence-electron chi connectivity index (χ2n) is 3.96. The van der Waals surface area contributed by atoms with E-state index in [9.17, 15) is 4.79 Å². The lowest BCUT2D eigenvalue weighted by Gasteiger charge is -2.14. The zero-order valence-corrected chi connectivity index (χ0v) is 10.6. The van der Waals surface area contributed by atoms with Crippen LogP contribution in [0.2, 0.25) is 0 Å². The number of methoxy groups -OCH3 is 1. The molecule has 2 N–H and O–H groups in total. The van der Waals surface area contributed by atoms with Crippen LogP contribution in [0.1, 0.15) is 24.5 Å². The fourth-order valence-electron chi connectivity index (χ4n) is 1.79. The molecule has 3 heteroatoms. The van der Waals surface area contributed by atoms with E-state index in [1.807, 2.05) is 44.2 Å². The summed E-state index contributed by atoms with van der Waals surface area (Å²) in [5.74, 6) is -0.377. The summed E-state index contributed by atoms with van der Waals surface area (Å²) in [5, 5.41) is 0. The number of carbonyl (C=O) groups excluding carboxylic acids is 1. The Morgan fingerprint density at radius 1 is 1.47 bits per heavy atom. The molecule has 1 atom stereocenters. The van der Waals surface area contributed by atoms with Crippen molar-refractivity contribution in [1.82, 2.24) is 0 Å². The van der Waals surface area contributed by atoms with Gasteiger partial charge in [-0.2, -0.15) is 0 Å². The molecule has 0 fully saturated rings. The number of esters is 1. The molecule has 0 aliphatic carbocycles. The van der Waals surface area contributed by atoms with Crippen molar-refractivity contribution in [2.24, 2.45) is 5.73 Å². The average molecular weight is 233 g/mol. The number of hydrogen-bond donors (Lipinski definition) is 1. The molecule has 0 aromatic heterocycles. The van der Waals surface area contributed by atoms with E-state index in [1.165, 1.54) is 12.7 Å². The molecule has 1 aromatic carbocycles. The number of allylic oxidation sites excluding steroid dienone is 1. The molecule has 1 aromatic rings. The van der Waals surface area contributed by atoms with Crippen LogP contribution in [-0.2, 0) is 9.53 Å². The summed E-state index contributed by atoms with van der Waals surface area (Å²) in [6.07, 6.45) is 2.49. The molecule has 0 bridgehead atoms. The molecule has 17 heavy (non-hydrogen) atoms. The zero-order chi connectivity index (χ0) is 12.8. The smallest absolute Gasteiger partial charge is 0.322 e. The van der Waals surface area contributed by atoms with Crippen LogP contribution >= 0.6 is 0 Å². The largest absolute Gasteiger partial charge is 0.468 e. The van der Waals surface area contributed by atoms with Gasteiger partial charge in [-0.05, 0) is 37.0 Å². The molecule has 3 nitrogen and oxygen atoms in total. The van der Waals surface area contributed by atoms with Crippen molar-refractivity contribution in [2.45, 2.75) is 26.3 Å². The van der Waals surface area contributed by atoms with Gasteiger partial charge in [0.25, 0.3) is 0 Å². The van der Waals surface area contributed by atoms with Gasteiger partial charge in [-0.1, -0.05) is 30.3 Å². The van der Waals surface area contributed by atoms with Gasteiger partial charge in [-0.15, -0.1) is 0 Å². The van der Waals surface area contributed by atoms with Crippen molar-refractivity contribution in [1.29, 1.82) is 0 Å². The van der Waals surface area contributed by atoms with Gasteiger partial charge < -0.3 is 10.5 Å². The van der Waals surface area contributed by atoms with Crippen molar-refractivity contribution in [3.63, 3.8) is 0 Å². The Labute approximate surface area is 102 Å². The van der Waals surface area contributed by atoms with Crippen molar-refractivity contribution in [2.75, 3.05) is 7.11 Å². The zero-order valence-electron chi connectivity index (χ0n) is 10.6. The average Bonchev–Trinajstić information content (AvgIpc) is 2.35. The molecule has 0 saturated carbocycles. The molecular weight excluding hydrogens is 214 g/mol. The highest BCUT2D eigenvalue weighted by Gasteiger charge is 2.16. The van der Waals surface area contributed by atoms with E-state index in [2.05, 4.69) is 4.74 Å². The van der Waals surface area contributed by atoms with Gasteiger partial charge in [-0.3, -0.25) is 4.79 Å². The lowest BCUT2D eigenvalue weighted by Crippen LogP contribution is -2.31. The maximum atomic E-state index is 11.3.